The number of rotatable bonds is 6. The van der Waals surface area contributed by atoms with E-state index in [1.165, 1.54) is 11.1 Å². The topological polar surface area (TPSA) is 38.3 Å². The van der Waals surface area contributed by atoms with Crippen LogP contribution in [0, 0.1) is 5.92 Å². The van der Waals surface area contributed by atoms with E-state index >= 15 is 0 Å². The maximum absolute atomic E-state index is 11.7. The molecule has 1 aliphatic rings. The molecule has 22 heavy (non-hydrogen) atoms. The van der Waals surface area contributed by atoms with Crippen molar-refractivity contribution in [2.45, 2.75) is 51.5 Å². The zero-order valence-corrected chi connectivity index (χ0v) is 13.9. The maximum Gasteiger partial charge on any atom is 0.217 e. The van der Waals surface area contributed by atoms with E-state index in [4.69, 9.17) is 4.74 Å². The largest absolute Gasteiger partial charge is 0.496 e. The number of hydrogen-bond donors (Lipinski definition) is 1. The van der Waals surface area contributed by atoms with Gasteiger partial charge in [-0.05, 0) is 36.8 Å². The molecule has 1 aromatic rings. The number of fused-ring (bicyclic) bond motifs is 1. The van der Waals surface area contributed by atoms with Gasteiger partial charge in [0.25, 0.3) is 0 Å². The van der Waals surface area contributed by atoms with Crippen LogP contribution in [0.4, 0.5) is 0 Å². The molecule has 0 aliphatic heterocycles. The highest BCUT2D eigenvalue weighted by atomic mass is 16.5. The Labute approximate surface area is 133 Å². The van der Waals surface area contributed by atoms with Crippen molar-refractivity contribution in [3.05, 3.63) is 42.0 Å². The smallest absolute Gasteiger partial charge is 0.217 e. The monoisotopic (exact) mass is 301 g/mol. The van der Waals surface area contributed by atoms with Crippen LogP contribution in [-0.2, 0) is 11.2 Å². The molecule has 0 aromatic heterocycles. The van der Waals surface area contributed by atoms with E-state index in [0.29, 0.717) is 11.8 Å². The summed E-state index contributed by atoms with van der Waals surface area (Å²) in [6, 6.07) is 6.43. The van der Waals surface area contributed by atoms with E-state index in [1.54, 1.807) is 14.0 Å². The Balaban J connectivity index is 2.49. The van der Waals surface area contributed by atoms with Gasteiger partial charge in [-0.25, -0.2) is 0 Å². The first kappa shape index (κ1) is 16.6. The van der Waals surface area contributed by atoms with Gasteiger partial charge in [-0.3, -0.25) is 4.79 Å². The molecule has 0 bridgehead atoms. The van der Waals surface area contributed by atoms with E-state index in [1.807, 2.05) is 12.1 Å². The van der Waals surface area contributed by atoms with Crippen molar-refractivity contribution in [3.63, 3.8) is 0 Å². The van der Waals surface area contributed by atoms with Crippen molar-refractivity contribution in [1.29, 1.82) is 0 Å². The lowest BCUT2D eigenvalue weighted by atomic mass is 9.70. The van der Waals surface area contributed by atoms with Crippen molar-refractivity contribution in [1.82, 2.24) is 5.32 Å². The number of methoxy groups -OCH3 is 1. The minimum atomic E-state index is 0.0403. The number of carbonyl (C=O) groups excluding carboxylic acids is 1. The van der Waals surface area contributed by atoms with E-state index in [9.17, 15) is 4.79 Å². The first-order chi connectivity index (χ1) is 10.6. The SMILES string of the molecule is C=CCC1Cc2cccc(OC)c2C(CCC)C1NC(C)=O. The normalized spacial score (nSPS) is 23.5. The Kier molecular flexibility index (Phi) is 5.64. The van der Waals surface area contributed by atoms with Gasteiger partial charge in [-0.15, -0.1) is 6.58 Å². The van der Waals surface area contributed by atoms with Gasteiger partial charge < -0.3 is 10.1 Å². The molecule has 3 heteroatoms. The first-order valence-electron chi connectivity index (χ1n) is 8.16. The number of amides is 1. The molecule has 2 rings (SSSR count). The van der Waals surface area contributed by atoms with E-state index in [0.717, 1.165) is 31.4 Å². The molecular formula is C19H27NO2. The summed E-state index contributed by atoms with van der Waals surface area (Å²) in [5.74, 6) is 1.69. The van der Waals surface area contributed by atoms with Gasteiger partial charge in [0, 0.05) is 24.4 Å². The summed E-state index contributed by atoms with van der Waals surface area (Å²) in [6.07, 6.45) is 5.98. The summed E-state index contributed by atoms with van der Waals surface area (Å²) in [4.78, 5) is 11.7. The Hall–Kier alpha value is -1.77. The lowest BCUT2D eigenvalue weighted by molar-refractivity contribution is -0.120. The standard InChI is InChI=1S/C19H27NO2/c1-5-8-15-12-14-10-7-11-17(22-4)18(14)16(9-6-2)19(15)20-13(3)21/h5,7,10-11,15-16,19H,1,6,8-9,12H2,2-4H3,(H,20,21). The van der Waals surface area contributed by atoms with Gasteiger partial charge in [-0.1, -0.05) is 31.6 Å². The average molecular weight is 301 g/mol. The molecule has 1 amide bonds. The zero-order valence-electron chi connectivity index (χ0n) is 13.9. The fourth-order valence-corrected chi connectivity index (χ4v) is 3.82. The van der Waals surface area contributed by atoms with Crippen LogP contribution in [0.15, 0.2) is 30.9 Å². The maximum atomic E-state index is 11.7. The fraction of sp³-hybridized carbons (Fsp3) is 0.526. The number of carbonyl (C=O) groups is 1. The highest BCUT2D eigenvalue weighted by Crippen LogP contribution is 2.43. The molecule has 3 unspecified atom stereocenters. The highest BCUT2D eigenvalue weighted by Gasteiger charge is 2.37. The van der Waals surface area contributed by atoms with Gasteiger partial charge in [0.2, 0.25) is 5.91 Å². The summed E-state index contributed by atoms with van der Waals surface area (Å²) in [5, 5.41) is 3.20. The predicted molar refractivity (Wildman–Crippen MR) is 90.3 cm³/mol. The molecule has 0 radical (unpaired) electrons. The molecule has 0 saturated heterocycles. The quantitative estimate of drug-likeness (QED) is 0.811. The third-order valence-corrected chi connectivity index (χ3v) is 4.61. The van der Waals surface area contributed by atoms with E-state index in [-0.39, 0.29) is 11.9 Å². The van der Waals surface area contributed by atoms with Crippen LogP contribution in [-0.4, -0.2) is 19.1 Å². The van der Waals surface area contributed by atoms with E-state index < -0.39 is 0 Å². The molecule has 0 fully saturated rings. The Morgan fingerprint density at radius 1 is 1.50 bits per heavy atom. The zero-order chi connectivity index (χ0) is 16.1. The van der Waals surface area contributed by atoms with Crippen LogP contribution in [0.25, 0.3) is 0 Å². The molecule has 1 N–H and O–H groups in total. The summed E-state index contributed by atoms with van der Waals surface area (Å²) in [5.41, 5.74) is 2.64. The molecule has 1 aliphatic carbocycles. The third kappa shape index (κ3) is 3.34. The Bertz CT molecular complexity index is 538. The van der Waals surface area contributed by atoms with Crippen LogP contribution in [0.2, 0.25) is 0 Å². The Morgan fingerprint density at radius 3 is 2.86 bits per heavy atom. The van der Waals surface area contributed by atoms with Crippen molar-refractivity contribution in [2.24, 2.45) is 5.92 Å². The lowest BCUT2D eigenvalue weighted by Gasteiger charge is -2.40. The van der Waals surface area contributed by atoms with Gasteiger partial charge in [0.1, 0.15) is 5.75 Å². The lowest BCUT2D eigenvalue weighted by Crippen LogP contribution is -2.47. The average Bonchev–Trinajstić information content (AvgIpc) is 2.49. The van der Waals surface area contributed by atoms with Crippen LogP contribution in [0.3, 0.4) is 0 Å². The molecule has 3 nitrogen and oxygen atoms in total. The van der Waals surface area contributed by atoms with Gasteiger partial charge in [0.15, 0.2) is 0 Å². The molecule has 3 atom stereocenters. The predicted octanol–water partition coefficient (Wildman–Crippen LogP) is 3.83. The van der Waals surface area contributed by atoms with Crippen LogP contribution in [0.5, 0.6) is 5.75 Å². The van der Waals surface area contributed by atoms with Crippen LogP contribution < -0.4 is 10.1 Å². The van der Waals surface area contributed by atoms with Crippen molar-refractivity contribution >= 4 is 5.91 Å². The molecule has 120 valence electrons. The first-order valence-corrected chi connectivity index (χ1v) is 8.16. The molecule has 0 heterocycles. The number of hydrogen-bond acceptors (Lipinski definition) is 2. The van der Waals surface area contributed by atoms with Crippen molar-refractivity contribution in [2.75, 3.05) is 7.11 Å². The highest BCUT2D eigenvalue weighted by molar-refractivity contribution is 5.73. The summed E-state index contributed by atoms with van der Waals surface area (Å²) < 4.78 is 5.60. The van der Waals surface area contributed by atoms with Crippen LogP contribution in [0.1, 0.15) is 50.2 Å². The summed E-state index contributed by atoms with van der Waals surface area (Å²) >= 11 is 0. The second kappa shape index (κ2) is 7.48. The Morgan fingerprint density at radius 2 is 2.27 bits per heavy atom. The van der Waals surface area contributed by atoms with Crippen LogP contribution >= 0.6 is 0 Å². The second-order valence-corrected chi connectivity index (χ2v) is 6.14. The van der Waals surface area contributed by atoms with Gasteiger partial charge in [-0.2, -0.15) is 0 Å². The molecule has 0 saturated carbocycles. The summed E-state index contributed by atoms with van der Waals surface area (Å²) in [7, 11) is 1.72. The number of nitrogens with one attached hydrogen (secondary N) is 1. The molecular weight excluding hydrogens is 274 g/mol. The number of allylic oxidation sites excluding steroid dienone is 1. The second-order valence-electron chi connectivity index (χ2n) is 6.14. The fourth-order valence-electron chi connectivity index (χ4n) is 3.82. The number of benzene rings is 1. The van der Waals surface area contributed by atoms with Gasteiger partial charge >= 0.3 is 0 Å². The van der Waals surface area contributed by atoms with E-state index in [2.05, 4.69) is 31.0 Å². The third-order valence-electron chi connectivity index (χ3n) is 4.61. The van der Waals surface area contributed by atoms with Crippen molar-refractivity contribution in [3.8, 4) is 5.75 Å². The summed E-state index contributed by atoms with van der Waals surface area (Å²) in [6.45, 7) is 7.69. The molecule has 1 aromatic carbocycles. The molecule has 0 spiro atoms. The minimum absolute atomic E-state index is 0.0403. The van der Waals surface area contributed by atoms with Crippen molar-refractivity contribution < 1.29 is 9.53 Å². The number of ether oxygens (including phenoxy) is 1. The minimum Gasteiger partial charge on any atom is -0.496 e. The van der Waals surface area contributed by atoms with Gasteiger partial charge in [0.05, 0.1) is 7.11 Å².